The Morgan fingerprint density at radius 3 is 2.23 bits per heavy atom. The van der Waals surface area contributed by atoms with Gasteiger partial charge in [0.2, 0.25) is 0 Å². The highest BCUT2D eigenvalue weighted by Crippen LogP contribution is 2.36. The molecule has 168 valence electrons. The van der Waals surface area contributed by atoms with Crippen LogP contribution >= 0.6 is 0 Å². The van der Waals surface area contributed by atoms with Crippen molar-refractivity contribution in [2.75, 3.05) is 13.7 Å². The molecule has 0 spiro atoms. The van der Waals surface area contributed by atoms with Gasteiger partial charge in [-0.2, -0.15) is 0 Å². The number of carbonyl (C=O) groups is 1. The lowest BCUT2D eigenvalue weighted by atomic mass is 10.1. The Hall–Kier alpha value is -1.71. The van der Waals surface area contributed by atoms with Crippen LogP contribution in [0.2, 0.25) is 18.1 Å². The molecule has 0 radical (unpaired) electrons. The fraction of sp³-hybridized carbons (Fsp3) is 0.619. The van der Waals surface area contributed by atoms with Crippen molar-refractivity contribution in [2.45, 2.75) is 74.9 Å². The Morgan fingerprint density at radius 2 is 1.77 bits per heavy atom. The lowest BCUT2D eigenvalue weighted by Gasteiger charge is -2.36. The maximum atomic E-state index is 12.3. The molecule has 30 heavy (non-hydrogen) atoms. The summed E-state index contributed by atoms with van der Waals surface area (Å²) in [6, 6.07) is 6.08. The molecule has 0 amide bonds. The number of hydrogen-bond donors (Lipinski definition) is 0. The van der Waals surface area contributed by atoms with Gasteiger partial charge in [0.05, 0.1) is 23.9 Å². The Morgan fingerprint density at radius 1 is 1.20 bits per heavy atom. The summed E-state index contributed by atoms with van der Waals surface area (Å²) in [6.45, 7) is 13.0. The molecule has 0 N–H and O–H groups in total. The van der Waals surface area contributed by atoms with Crippen molar-refractivity contribution in [3.8, 4) is 0 Å². The van der Waals surface area contributed by atoms with E-state index in [0.717, 1.165) is 0 Å². The summed E-state index contributed by atoms with van der Waals surface area (Å²) >= 11 is 0. The maximum absolute atomic E-state index is 12.3. The quantitative estimate of drug-likeness (QED) is 0.242. The summed E-state index contributed by atoms with van der Waals surface area (Å²) in [5, 5.41) is 3.78. The van der Waals surface area contributed by atoms with Gasteiger partial charge in [-0.05, 0) is 50.0 Å². The Kier molecular flexibility index (Phi) is 7.53. The van der Waals surface area contributed by atoms with Crippen molar-refractivity contribution in [3.05, 3.63) is 29.8 Å². The van der Waals surface area contributed by atoms with E-state index >= 15 is 0 Å². The van der Waals surface area contributed by atoms with Crippen molar-refractivity contribution in [1.82, 2.24) is 0 Å². The number of sulfone groups is 1. The van der Waals surface area contributed by atoms with Crippen LogP contribution in [0.15, 0.2) is 34.3 Å². The molecule has 1 fully saturated rings. The van der Waals surface area contributed by atoms with Gasteiger partial charge >= 0.3 is 5.97 Å². The van der Waals surface area contributed by atoms with Gasteiger partial charge in [0, 0.05) is 5.56 Å². The third-order valence-corrected chi connectivity index (χ3v) is 12.4. The van der Waals surface area contributed by atoms with Gasteiger partial charge in [0.1, 0.15) is 6.10 Å². The van der Waals surface area contributed by atoms with Crippen LogP contribution in [0.1, 0.15) is 46.1 Å². The van der Waals surface area contributed by atoms with Crippen LogP contribution in [-0.2, 0) is 28.6 Å². The number of esters is 1. The van der Waals surface area contributed by atoms with Crippen molar-refractivity contribution in [3.63, 3.8) is 0 Å². The van der Waals surface area contributed by atoms with E-state index in [4.69, 9.17) is 14.0 Å². The normalized spacial score (nSPS) is 16.8. The summed E-state index contributed by atoms with van der Waals surface area (Å²) in [5.41, 5.74) is 0.404. The zero-order valence-electron chi connectivity index (χ0n) is 18.9. The Labute approximate surface area is 180 Å². The molecular formula is C21H33NO6SSi. The molecule has 0 heterocycles. The number of rotatable bonds is 9. The molecule has 0 aliphatic heterocycles. The molecule has 1 aromatic rings. The monoisotopic (exact) mass is 455 g/mol. The Bertz CT molecular complexity index is 883. The van der Waals surface area contributed by atoms with Crippen LogP contribution in [0.5, 0.6) is 0 Å². The van der Waals surface area contributed by atoms with E-state index in [1.165, 1.54) is 19.2 Å². The van der Waals surface area contributed by atoms with E-state index in [2.05, 4.69) is 39.0 Å². The lowest BCUT2D eigenvalue weighted by molar-refractivity contribution is -0.132. The number of carbonyl (C=O) groups excluding carboxylic acids is 1. The second-order valence-corrected chi connectivity index (χ2v) is 16.2. The second kappa shape index (κ2) is 9.19. The number of hydrogen-bond acceptors (Lipinski definition) is 7. The van der Waals surface area contributed by atoms with Gasteiger partial charge in [-0.3, -0.25) is 0 Å². The number of methoxy groups -OCH3 is 1. The minimum absolute atomic E-state index is 0.0213. The molecule has 7 nitrogen and oxygen atoms in total. The molecule has 9 heteroatoms. The SMILES string of the molecule is COC(=O)C(=NO[C@H](C)CO[Si](C)(C)C(C)(C)C)c1ccc(S(=O)(=O)C2CC2)cc1. The fourth-order valence-corrected chi connectivity index (χ4v) is 5.13. The summed E-state index contributed by atoms with van der Waals surface area (Å²) in [7, 11) is -3.96. The van der Waals surface area contributed by atoms with Gasteiger partial charge in [-0.1, -0.05) is 38.1 Å². The third kappa shape index (κ3) is 5.92. The third-order valence-electron chi connectivity index (χ3n) is 5.61. The first-order valence-electron chi connectivity index (χ1n) is 10.1. The predicted octanol–water partition coefficient (Wildman–Crippen LogP) is 3.93. The molecular weight excluding hydrogens is 422 g/mol. The summed E-state index contributed by atoms with van der Waals surface area (Å²) in [5.74, 6) is -0.662. The average Bonchev–Trinajstić information content (AvgIpc) is 3.51. The number of benzene rings is 1. The summed E-state index contributed by atoms with van der Waals surface area (Å²) < 4.78 is 35.6. The van der Waals surface area contributed by atoms with Crippen molar-refractivity contribution >= 4 is 29.8 Å². The van der Waals surface area contributed by atoms with E-state index in [-0.39, 0.29) is 27.0 Å². The van der Waals surface area contributed by atoms with Crippen molar-refractivity contribution < 1.29 is 27.2 Å². The summed E-state index contributed by atoms with van der Waals surface area (Å²) in [6.07, 6.45) is 1.02. The summed E-state index contributed by atoms with van der Waals surface area (Å²) in [4.78, 5) is 17.9. The lowest BCUT2D eigenvalue weighted by Crippen LogP contribution is -2.42. The van der Waals surface area contributed by atoms with Crippen LogP contribution in [0.4, 0.5) is 0 Å². The van der Waals surface area contributed by atoms with Crippen molar-refractivity contribution in [1.29, 1.82) is 0 Å². The largest absolute Gasteiger partial charge is 0.464 e. The first-order chi connectivity index (χ1) is 13.8. The highest BCUT2D eigenvalue weighted by molar-refractivity contribution is 7.92. The fourth-order valence-electron chi connectivity index (χ4n) is 2.39. The standard InChI is InChI=1S/C21H33NO6SSi/c1-15(14-27-30(6,7)21(2,3)4)28-22-19(20(23)26-5)16-8-10-17(11-9-16)29(24,25)18-12-13-18/h8-11,15,18H,12-14H2,1-7H3/t15-/m1/s1. The molecule has 0 unspecified atom stereocenters. The van der Waals surface area contributed by atoms with Gasteiger partial charge < -0.3 is 14.0 Å². The van der Waals surface area contributed by atoms with E-state index in [0.29, 0.717) is 25.0 Å². The topological polar surface area (TPSA) is 91.3 Å². The van der Waals surface area contributed by atoms with Crippen LogP contribution in [0.25, 0.3) is 0 Å². The van der Waals surface area contributed by atoms with Crippen LogP contribution in [0.3, 0.4) is 0 Å². The van der Waals surface area contributed by atoms with Crippen LogP contribution < -0.4 is 0 Å². The highest BCUT2D eigenvalue weighted by atomic mass is 32.2. The molecule has 1 aliphatic carbocycles. The first kappa shape index (κ1) is 24.6. The molecule has 2 rings (SSSR count). The van der Waals surface area contributed by atoms with E-state index in [1.54, 1.807) is 12.1 Å². The minimum Gasteiger partial charge on any atom is -0.464 e. The predicted molar refractivity (Wildman–Crippen MR) is 119 cm³/mol. The van der Waals surface area contributed by atoms with E-state index < -0.39 is 24.1 Å². The van der Waals surface area contributed by atoms with Crippen molar-refractivity contribution in [2.24, 2.45) is 5.16 Å². The van der Waals surface area contributed by atoms with Gasteiger partial charge in [-0.15, -0.1) is 0 Å². The molecule has 0 saturated heterocycles. The Balaban J connectivity index is 2.12. The van der Waals surface area contributed by atoms with Gasteiger partial charge in [0.15, 0.2) is 23.9 Å². The number of ether oxygens (including phenoxy) is 1. The number of oxime groups is 1. The highest BCUT2D eigenvalue weighted by Gasteiger charge is 2.38. The van der Waals surface area contributed by atoms with Gasteiger partial charge in [0.25, 0.3) is 0 Å². The minimum atomic E-state index is -3.29. The van der Waals surface area contributed by atoms with Crippen LogP contribution in [-0.4, -0.2) is 53.5 Å². The molecule has 0 bridgehead atoms. The maximum Gasteiger partial charge on any atom is 0.360 e. The van der Waals surface area contributed by atoms with Crippen LogP contribution in [0, 0.1) is 0 Å². The van der Waals surface area contributed by atoms with E-state index in [1.807, 2.05) is 6.92 Å². The second-order valence-electron chi connectivity index (χ2n) is 9.19. The van der Waals surface area contributed by atoms with E-state index in [9.17, 15) is 13.2 Å². The van der Waals surface area contributed by atoms with Gasteiger partial charge in [-0.25, -0.2) is 13.2 Å². The zero-order valence-corrected chi connectivity index (χ0v) is 20.7. The molecule has 1 saturated carbocycles. The molecule has 0 aromatic heterocycles. The first-order valence-corrected chi connectivity index (χ1v) is 14.6. The number of nitrogens with zero attached hydrogens (tertiary/aromatic N) is 1. The zero-order chi connectivity index (χ0) is 22.7. The average molecular weight is 456 g/mol. The smallest absolute Gasteiger partial charge is 0.360 e. The molecule has 1 aromatic carbocycles. The molecule has 1 atom stereocenters. The molecule has 1 aliphatic rings.